The molecule has 1 aromatic rings. The van der Waals surface area contributed by atoms with Crippen LogP contribution in [0.5, 0.6) is 0 Å². The summed E-state index contributed by atoms with van der Waals surface area (Å²) >= 11 is 0. The summed E-state index contributed by atoms with van der Waals surface area (Å²) in [5.41, 5.74) is 1.36. The van der Waals surface area contributed by atoms with Crippen molar-refractivity contribution in [3.8, 4) is 0 Å². The molecule has 2 nitrogen and oxygen atoms in total. The van der Waals surface area contributed by atoms with Gasteiger partial charge in [-0.15, -0.1) is 0 Å². The van der Waals surface area contributed by atoms with E-state index in [2.05, 4.69) is 0 Å². The van der Waals surface area contributed by atoms with Crippen LogP contribution in [-0.2, 0) is 4.79 Å². The molecule has 0 amide bonds. The number of carbonyl (C=O) groups excluding carboxylic acids is 2. The molecule has 0 aliphatic heterocycles. The molecule has 1 fully saturated rings. The van der Waals surface area contributed by atoms with Gasteiger partial charge in [-0.2, -0.15) is 0 Å². The van der Waals surface area contributed by atoms with E-state index in [-0.39, 0.29) is 11.6 Å². The van der Waals surface area contributed by atoms with Crippen molar-refractivity contribution >= 4 is 11.6 Å². The molecule has 1 saturated carbocycles. The first-order valence-electron chi connectivity index (χ1n) is 6.10. The fraction of sp³-hybridized carbons (Fsp3) is 0.333. The lowest BCUT2D eigenvalue weighted by atomic mass is 10.0. The molecule has 0 spiro atoms. The summed E-state index contributed by atoms with van der Waals surface area (Å²) in [6.45, 7) is 0. The molecule has 17 heavy (non-hydrogen) atoms. The summed E-state index contributed by atoms with van der Waals surface area (Å²) in [6.07, 6.45) is 5.92. The Labute approximate surface area is 101 Å². The summed E-state index contributed by atoms with van der Waals surface area (Å²) in [6, 6.07) is 9.10. The SMILES string of the molecule is O=C1CCCCCC1=CC(=O)c1ccccc1. The average Bonchev–Trinajstić information content (AvgIpc) is 2.56. The minimum absolute atomic E-state index is 0.0594. The number of Topliss-reactive ketones (excluding diaryl/α,β-unsaturated/α-hetero) is 1. The summed E-state index contributed by atoms with van der Waals surface area (Å²) in [5, 5.41) is 0. The summed E-state index contributed by atoms with van der Waals surface area (Å²) in [5.74, 6) is 0.0858. The predicted octanol–water partition coefficient (Wildman–Crippen LogP) is 3.33. The van der Waals surface area contributed by atoms with E-state index in [0.717, 1.165) is 25.7 Å². The Balaban J connectivity index is 2.18. The van der Waals surface area contributed by atoms with Crippen LogP contribution in [0.15, 0.2) is 42.0 Å². The quantitative estimate of drug-likeness (QED) is 0.442. The summed E-state index contributed by atoms with van der Waals surface area (Å²) in [7, 11) is 0. The van der Waals surface area contributed by atoms with E-state index in [0.29, 0.717) is 17.6 Å². The highest BCUT2D eigenvalue weighted by Gasteiger charge is 2.15. The average molecular weight is 228 g/mol. The molecule has 1 aromatic carbocycles. The maximum atomic E-state index is 11.9. The molecular formula is C15H16O2. The lowest BCUT2D eigenvalue weighted by molar-refractivity contribution is -0.115. The standard InChI is InChI=1S/C15H16O2/c16-14-10-6-2-5-9-13(14)11-15(17)12-7-3-1-4-8-12/h1,3-4,7-8,11H,2,5-6,9-10H2. The first-order valence-corrected chi connectivity index (χ1v) is 6.10. The van der Waals surface area contributed by atoms with Crippen LogP contribution < -0.4 is 0 Å². The molecule has 0 heterocycles. The van der Waals surface area contributed by atoms with E-state index in [9.17, 15) is 9.59 Å². The summed E-state index contributed by atoms with van der Waals surface area (Å²) < 4.78 is 0. The molecule has 0 bridgehead atoms. The first kappa shape index (κ1) is 11.8. The zero-order valence-corrected chi connectivity index (χ0v) is 9.82. The fourth-order valence-electron chi connectivity index (χ4n) is 2.07. The Kier molecular flexibility index (Phi) is 3.86. The Bertz CT molecular complexity index is 443. The zero-order valence-electron chi connectivity index (χ0n) is 9.82. The van der Waals surface area contributed by atoms with Crippen molar-refractivity contribution in [1.29, 1.82) is 0 Å². The normalized spacial score (nSPS) is 19.1. The molecule has 0 unspecified atom stereocenters. The van der Waals surface area contributed by atoms with Crippen LogP contribution in [0.1, 0.15) is 42.5 Å². The van der Waals surface area contributed by atoms with Crippen LogP contribution in [0.25, 0.3) is 0 Å². The van der Waals surface area contributed by atoms with E-state index in [4.69, 9.17) is 0 Å². The lowest BCUT2D eigenvalue weighted by Crippen LogP contribution is -2.04. The van der Waals surface area contributed by atoms with Gasteiger partial charge in [0.1, 0.15) is 0 Å². The highest BCUT2D eigenvalue weighted by Crippen LogP contribution is 2.19. The van der Waals surface area contributed by atoms with Crippen LogP contribution in [0.3, 0.4) is 0 Å². The molecule has 0 N–H and O–H groups in total. The smallest absolute Gasteiger partial charge is 0.186 e. The Morgan fingerprint density at radius 2 is 1.71 bits per heavy atom. The highest BCUT2D eigenvalue weighted by atomic mass is 16.1. The van der Waals surface area contributed by atoms with Gasteiger partial charge in [0, 0.05) is 12.0 Å². The maximum absolute atomic E-state index is 11.9. The number of benzene rings is 1. The number of carbonyl (C=O) groups is 2. The van der Waals surface area contributed by atoms with E-state index in [1.54, 1.807) is 12.1 Å². The predicted molar refractivity (Wildman–Crippen MR) is 66.9 cm³/mol. The second-order valence-electron chi connectivity index (χ2n) is 4.38. The summed E-state index contributed by atoms with van der Waals surface area (Å²) in [4.78, 5) is 23.7. The van der Waals surface area contributed by atoms with Crippen molar-refractivity contribution < 1.29 is 9.59 Å². The molecule has 2 heteroatoms. The number of hydrogen-bond acceptors (Lipinski definition) is 2. The van der Waals surface area contributed by atoms with Crippen molar-refractivity contribution in [2.75, 3.05) is 0 Å². The van der Waals surface area contributed by atoms with Crippen molar-refractivity contribution in [2.24, 2.45) is 0 Å². The molecular weight excluding hydrogens is 212 g/mol. The van der Waals surface area contributed by atoms with Gasteiger partial charge < -0.3 is 0 Å². The highest BCUT2D eigenvalue weighted by molar-refractivity contribution is 6.10. The number of ketones is 2. The zero-order chi connectivity index (χ0) is 12.1. The van der Waals surface area contributed by atoms with Gasteiger partial charge in [0.15, 0.2) is 11.6 Å². The van der Waals surface area contributed by atoms with Gasteiger partial charge in [0.2, 0.25) is 0 Å². The molecule has 0 saturated heterocycles. The topological polar surface area (TPSA) is 34.1 Å². The van der Waals surface area contributed by atoms with E-state index >= 15 is 0 Å². The van der Waals surface area contributed by atoms with E-state index in [1.165, 1.54) is 6.08 Å². The van der Waals surface area contributed by atoms with Crippen molar-refractivity contribution in [1.82, 2.24) is 0 Å². The van der Waals surface area contributed by atoms with Gasteiger partial charge in [0.25, 0.3) is 0 Å². The van der Waals surface area contributed by atoms with Gasteiger partial charge in [-0.05, 0) is 30.9 Å². The van der Waals surface area contributed by atoms with Gasteiger partial charge in [-0.1, -0.05) is 36.8 Å². The second kappa shape index (κ2) is 5.58. The van der Waals surface area contributed by atoms with Crippen LogP contribution in [-0.4, -0.2) is 11.6 Å². The largest absolute Gasteiger partial charge is 0.295 e. The second-order valence-corrected chi connectivity index (χ2v) is 4.38. The van der Waals surface area contributed by atoms with Gasteiger partial charge >= 0.3 is 0 Å². The van der Waals surface area contributed by atoms with E-state index < -0.39 is 0 Å². The molecule has 88 valence electrons. The lowest BCUT2D eigenvalue weighted by Gasteiger charge is -2.01. The molecule has 0 atom stereocenters. The van der Waals surface area contributed by atoms with Crippen LogP contribution >= 0.6 is 0 Å². The van der Waals surface area contributed by atoms with Gasteiger partial charge in [-0.25, -0.2) is 0 Å². The third-order valence-corrected chi connectivity index (χ3v) is 3.07. The first-order chi connectivity index (χ1) is 8.27. The molecule has 0 aromatic heterocycles. The van der Waals surface area contributed by atoms with Gasteiger partial charge in [-0.3, -0.25) is 9.59 Å². The van der Waals surface area contributed by atoms with Crippen LogP contribution in [0.2, 0.25) is 0 Å². The fourth-order valence-corrected chi connectivity index (χ4v) is 2.07. The number of hydrogen-bond donors (Lipinski definition) is 0. The molecule has 1 aliphatic rings. The Morgan fingerprint density at radius 3 is 2.47 bits per heavy atom. The molecule has 2 rings (SSSR count). The minimum Gasteiger partial charge on any atom is -0.295 e. The van der Waals surface area contributed by atoms with Crippen molar-refractivity contribution in [3.05, 3.63) is 47.5 Å². The number of allylic oxidation sites excluding steroid dienone is 2. The molecule has 0 radical (unpaired) electrons. The van der Waals surface area contributed by atoms with E-state index in [1.807, 2.05) is 18.2 Å². The number of rotatable bonds is 2. The maximum Gasteiger partial charge on any atom is 0.186 e. The minimum atomic E-state index is -0.0594. The molecule has 1 aliphatic carbocycles. The van der Waals surface area contributed by atoms with Gasteiger partial charge in [0.05, 0.1) is 0 Å². The van der Waals surface area contributed by atoms with Crippen LogP contribution in [0, 0.1) is 0 Å². The van der Waals surface area contributed by atoms with Crippen LogP contribution in [0.4, 0.5) is 0 Å². The Hall–Kier alpha value is -1.70. The van der Waals surface area contributed by atoms with Crippen molar-refractivity contribution in [3.63, 3.8) is 0 Å². The monoisotopic (exact) mass is 228 g/mol. The van der Waals surface area contributed by atoms with Crippen molar-refractivity contribution in [2.45, 2.75) is 32.1 Å². The third-order valence-electron chi connectivity index (χ3n) is 3.07. The Morgan fingerprint density at radius 1 is 1.00 bits per heavy atom. The third kappa shape index (κ3) is 3.13.